The number of nitrogens with zero attached hydrogens (tertiary/aromatic N) is 4. The van der Waals surface area contributed by atoms with Crippen LogP contribution in [0.5, 0.6) is 5.88 Å². The van der Waals surface area contributed by atoms with Gasteiger partial charge >= 0.3 is 12.1 Å². The highest BCUT2D eigenvalue weighted by molar-refractivity contribution is 5.96. The molecule has 0 unspecified atom stereocenters. The highest BCUT2D eigenvalue weighted by atomic mass is 19.1. The topological polar surface area (TPSA) is 164 Å². The lowest BCUT2D eigenvalue weighted by molar-refractivity contribution is -0.148. The third kappa shape index (κ3) is 9.35. The standard InChI is InChI=1S/C38H50FN7O7/c1-37(2,3)53-36(50)41-28-13-9-7-5-6-8-12-24-22-38(24,34(49)51-4)44-32(47)29-20-27(23-46(29)33(28)48)52-31-21-30(45-18-10-11-19-45)42-35(43-31)40-26-16-14-25(39)15-17-26/h8,12,14-17,21,24,27-29H,5-7,9-11,13,18-20,22-23H2,1-4H3,(H,41,50)(H,44,47)(H,40,42,43)/b12-8-/t24-,27-,28+,29+,38-/m1/s1. The van der Waals surface area contributed by atoms with Crippen LogP contribution in [0, 0.1) is 11.7 Å². The van der Waals surface area contributed by atoms with Gasteiger partial charge in [0.05, 0.1) is 13.7 Å². The first-order chi connectivity index (χ1) is 25.3. The van der Waals surface area contributed by atoms with Crippen molar-refractivity contribution in [2.45, 2.75) is 108 Å². The zero-order valence-corrected chi connectivity index (χ0v) is 30.9. The third-order valence-corrected chi connectivity index (χ3v) is 9.99. The fraction of sp³-hybridized carbons (Fsp3) is 0.579. The van der Waals surface area contributed by atoms with Gasteiger partial charge in [-0.1, -0.05) is 25.0 Å². The largest absolute Gasteiger partial charge is 0.472 e. The molecule has 4 aliphatic rings. The molecule has 1 aromatic carbocycles. The van der Waals surface area contributed by atoms with E-state index in [9.17, 15) is 23.6 Å². The quantitative estimate of drug-likeness (QED) is 0.265. The fourth-order valence-electron chi connectivity index (χ4n) is 7.24. The summed E-state index contributed by atoms with van der Waals surface area (Å²) in [6, 6.07) is 5.58. The molecule has 6 rings (SSSR count). The van der Waals surface area contributed by atoms with Crippen molar-refractivity contribution in [2.24, 2.45) is 5.92 Å². The van der Waals surface area contributed by atoms with Gasteiger partial charge in [-0.15, -0.1) is 0 Å². The number of rotatable bonds is 7. The van der Waals surface area contributed by atoms with Crippen LogP contribution in [0.4, 0.5) is 26.6 Å². The number of amides is 3. The molecular formula is C38H50FN7O7. The van der Waals surface area contributed by atoms with E-state index in [4.69, 9.17) is 19.2 Å². The molecule has 5 atom stereocenters. The summed E-state index contributed by atoms with van der Waals surface area (Å²) in [5.41, 5.74) is -1.43. The summed E-state index contributed by atoms with van der Waals surface area (Å²) in [5, 5.41) is 8.83. The molecule has 3 amide bonds. The molecule has 3 fully saturated rings. The summed E-state index contributed by atoms with van der Waals surface area (Å²) < 4.78 is 30.7. The van der Waals surface area contributed by atoms with Gasteiger partial charge in [-0.2, -0.15) is 9.97 Å². The predicted octanol–water partition coefficient (Wildman–Crippen LogP) is 4.77. The first-order valence-electron chi connectivity index (χ1n) is 18.5. The number of carbonyl (C=O) groups excluding carboxylic acids is 4. The van der Waals surface area contributed by atoms with Gasteiger partial charge < -0.3 is 40.0 Å². The second-order valence-electron chi connectivity index (χ2n) is 15.2. The van der Waals surface area contributed by atoms with Crippen LogP contribution in [0.2, 0.25) is 0 Å². The van der Waals surface area contributed by atoms with Crippen LogP contribution in [-0.2, 0) is 23.9 Å². The first-order valence-corrected chi connectivity index (χ1v) is 18.5. The van der Waals surface area contributed by atoms with Gasteiger partial charge in [0.25, 0.3) is 0 Å². The van der Waals surface area contributed by atoms with Gasteiger partial charge in [0, 0.05) is 37.2 Å². The zero-order chi connectivity index (χ0) is 37.8. The second kappa shape index (κ2) is 16.0. The monoisotopic (exact) mass is 735 g/mol. The van der Waals surface area contributed by atoms with Crippen molar-refractivity contribution in [3.8, 4) is 5.88 Å². The Labute approximate surface area is 309 Å². The summed E-state index contributed by atoms with van der Waals surface area (Å²) in [4.78, 5) is 67.5. The van der Waals surface area contributed by atoms with E-state index in [-0.39, 0.29) is 36.5 Å². The van der Waals surface area contributed by atoms with Crippen LogP contribution in [0.1, 0.15) is 78.6 Å². The van der Waals surface area contributed by atoms with Gasteiger partial charge in [0.1, 0.15) is 41.0 Å². The van der Waals surface area contributed by atoms with Crippen molar-refractivity contribution in [1.29, 1.82) is 0 Å². The van der Waals surface area contributed by atoms with E-state index in [0.717, 1.165) is 45.2 Å². The fourth-order valence-corrected chi connectivity index (χ4v) is 7.24. The Morgan fingerprint density at radius 2 is 1.79 bits per heavy atom. The number of carbonyl (C=O) groups is 4. The van der Waals surface area contributed by atoms with E-state index in [2.05, 4.69) is 25.8 Å². The Bertz CT molecular complexity index is 1690. The summed E-state index contributed by atoms with van der Waals surface area (Å²) in [6.45, 7) is 6.86. The smallest absolute Gasteiger partial charge is 0.408 e. The van der Waals surface area contributed by atoms with E-state index >= 15 is 0 Å². The van der Waals surface area contributed by atoms with Crippen molar-refractivity contribution < 1.29 is 37.8 Å². The Balaban J connectivity index is 1.29. The number of esters is 1. The van der Waals surface area contributed by atoms with Gasteiger partial charge in [-0.3, -0.25) is 9.59 Å². The molecule has 3 aliphatic heterocycles. The lowest BCUT2D eigenvalue weighted by Crippen LogP contribution is -2.56. The molecular weight excluding hydrogens is 685 g/mol. The van der Waals surface area contributed by atoms with E-state index in [1.54, 1.807) is 39.0 Å². The minimum absolute atomic E-state index is 0.0156. The normalized spacial score (nSPS) is 27.0. The number of hydrogen-bond acceptors (Lipinski definition) is 11. The van der Waals surface area contributed by atoms with Crippen LogP contribution in [-0.4, -0.2) is 94.8 Å². The molecule has 3 N–H and O–H groups in total. The Hall–Kier alpha value is -4.95. The van der Waals surface area contributed by atoms with Gasteiger partial charge in [0.2, 0.25) is 23.6 Å². The Morgan fingerprint density at radius 3 is 2.51 bits per heavy atom. The number of hydrogen-bond donors (Lipinski definition) is 3. The van der Waals surface area contributed by atoms with Crippen LogP contribution >= 0.6 is 0 Å². The maximum absolute atomic E-state index is 14.4. The molecule has 286 valence electrons. The SMILES string of the molecule is COC(=O)[C@@]12C[C@H]1/C=C\CCCCC[C@H](NC(=O)OC(C)(C)C)C(=O)N1C[C@H](Oc3cc(N4CCCC4)nc(Nc4ccc(F)cc4)n3)C[C@H]1C(=O)N2. The number of fused-ring (bicyclic) bond motifs is 2. The lowest BCUT2D eigenvalue weighted by atomic mass is 10.0. The zero-order valence-electron chi connectivity index (χ0n) is 30.9. The maximum atomic E-state index is 14.4. The summed E-state index contributed by atoms with van der Waals surface area (Å²) >= 11 is 0. The number of allylic oxidation sites excluding steroid dienone is 1. The summed E-state index contributed by atoms with van der Waals surface area (Å²) in [5.74, 6) is -1.00. The Morgan fingerprint density at radius 1 is 1.04 bits per heavy atom. The molecule has 2 saturated heterocycles. The number of halogens is 1. The molecule has 0 radical (unpaired) electrons. The van der Waals surface area contributed by atoms with E-state index in [0.29, 0.717) is 30.8 Å². The number of anilines is 3. The number of benzene rings is 1. The van der Waals surface area contributed by atoms with Crippen molar-refractivity contribution in [2.75, 3.05) is 37.0 Å². The van der Waals surface area contributed by atoms with E-state index in [1.165, 1.54) is 24.1 Å². The molecule has 53 heavy (non-hydrogen) atoms. The molecule has 14 nitrogen and oxygen atoms in total. The van der Waals surface area contributed by atoms with Crippen LogP contribution in [0.3, 0.4) is 0 Å². The highest BCUT2D eigenvalue weighted by Gasteiger charge is 2.62. The molecule has 1 aliphatic carbocycles. The van der Waals surface area contributed by atoms with Crippen molar-refractivity contribution in [3.63, 3.8) is 0 Å². The Kier molecular flexibility index (Phi) is 11.4. The van der Waals surface area contributed by atoms with Gasteiger partial charge in [-0.25, -0.2) is 14.0 Å². The van der Waals surface area contributed by atoms with Crippen molar-refractivity contribution in [1.82, 2.24) is 25.5 Å². The second-order valence-corrected chi connectivity index (χ2v) is 15.2. The molecule has 2 aromatic rings. The van der Waals surface area contributed by atoms with Gasteiger partial charge in [0.15, 0.2) is 0 Å². The van der Waals surface area contributed by atoms with Crippen LogP contribution < -0.4 is 25.6 Å². The third-order valence-electron chi connectivity index (χ3n) is 9.99. The molecule has 0 spiro atoms. The number of methoxy groups -OCH3 is 1. The van der Waals surface area contributed by atoms with Gasteiger partial charge in [-0.05, 0) is 83.6 Å². The number of nitrogens with one attached hydrogen (secondary N) is 3. The number of ether oxygens (including phenoxy) is 3. The predicted molar refractivity (Wildman–Crippen MR) is 194 cm³/mol. The van der Waals surface area contributed by atoms with E-state index < -0.39 is 53.2 Å². The van der Waals surface area contributed by atoms with Crippen LogP contribution in [0.25, 0.3) is 0 Å². The first kappa shape index (κ1) is 37.8. The molecule has 15 heteroatoms. The molecule has 1 saturated carbocycles. The number of alkyl carbamates (subject to hydrolysis) is 1. The van der Waals surface area contributed by atoms with Crippen molar-refractivity contribution in [3.05, 3.63) is 48.3 Å². The molecule has 0 bridgehead atoms. The average Bonchev–Trinajstić information content (AvgIpc) is 3.41. The minimum atomic E-state index is -1.23. The lowest BCUT2D eigenvalue weighted by Gasteiger charge is -2.30. The van der Waals surface area contributed by atoms with E-state index in [1.807, 2.05) is 12.2 Å². The average molecular weight is 736 g/mol. The maximum Gasteiger partial charge on any atom is 0.408 e. The number of aromatic nitrogens is 2. The highest BCUT2D eigenvalue weighted by Crippen LogP contribution is 2.46. The molecule has 1 aromatic heterocycles. The summed E-state index contributed by atoms with van der Waals surface area (Å²) in [7, 11) is 1.29. The van der Waals surface area contributed by atoms with Crippen LogP contribution in [0.15, 0.2) is 42.5 Å². The van der Waals surface area contributed by atoms with Crippen molar-refractivity contribution >= 4 is 41.3 Å². The summed E-state index contributed by atoms with van der Waals surface area (Å²) in [6.07, 6.45) is 8.51. The molecule has 4 heterocycles. The minimum Gasteiger partial charge on any atom is -0.472 e.